The molecule has 0 amide bonds. The summed E-state index contributed by atoms with van der Waals surface area (Å²) >= 11 is 16.3. The Kier molecular flexibility index (Phi) is 6.04. The van der Waals surface area contributed by atoms with Gasteiger partial charge in [0.15, 0.2) is 0 Å². The number of nitrogens with zero attached hydrogens (tertiary/aromatic N) is 5. The molecule has 0 aliphatic heterocycles. The van der Waals surface area contributed by atoms with E-state index >= 15 is 0 Å². The Hall–Kier alpha value is -1.17. The first kappa shape index (κ1) is 14.9. The maximum atomic E-state index is 5.54. The fraction of sp³-hybridized carbons (Fsp3) is 0.200. The van der Waals surface area contributed by atoms with Gasteiger partial charge in [0.2, 0.25) is 10.6 Å². The summed E-state index contributed by atoms with van der Waals surface area (Å²) in [5.74, 6) is 0.819. The van der Waals surface area contributed by atoms with Gasteiger partial charge in [-0.2, -0.15) is 0 Å². The van der Waals surface area contributed by atoms with Crippen molar-refractivity contribution in [2.75, 3.05) is 19.0 Å². The van der Waals surface area contributed by atoms with E-state index in [1.54, 1.807) is 18.3 Å². The highest BCUT2D eigenvalue weighted by Crippen LogP contribution is 2.07. The van der Waals surface area contributed by atoms with Crippen molar-refractivity contribution >= 4 is 40.6 Å². The molecule has 0 spiro atoms. The molecular formula is C10H10Cl3N5. The van der Waals surface area contributed by atoms with Crippen LogP contribution < -0.4 is 4.90 Å². The third-order valence-corrected chi connectivity index (χ3v) is 2.24. The van der Waals surface area contributed by atoms with Crippen LogP contribution in [0, 0.1) is 0 Å². The quantitative estimate of drug-likeness (QED) is 0.599. The molecule has 0 saturated carbocycles. The molecule has 0 atom stereocenters. The minimum Gasteiger partial charge on any atom is -0.363 e. The molecule has 0 N–H and O–H groups in total. The normalized spacial score (nSPS) is 9.39. The molecule has 8 heteroatoms. The summed E-state index contributed by atoms with van der Waals surface area (Å²) in [5.41, 5.74) is 0. The lowest BCUT2D eigenvalue weighted by molar-refractivity contribution is 1.04. The van der Waals surface area contributed by atoms with Crippen molar-refractivity contribution < 1.29 is 0 Å². The first-order valence-electron chi connectivity index (χ1n) is 4.79. The molecule has 18 heavy (non-hydrogen) atoms. The monoisotopic (exact) mass is 305 g/mol. The highest BCUT2D eigenvalue weighted by Gasteiger charge is 1.96. The largest absolute Gasteiger partial charge is 0.363 e. The van der Waals surface area contributed by atoms with Gasteiger partial charge in [-0.05, 0) is 35.3 Å². The van der Waals surface area contributed by atoms with Gasteiger partial charge in [0, 0.05) is 26.5 Å². The van der Waals surface area contributed by atoms with Gasteiger partial charge in [-0.3, -0.25) is 0 Å². The highest BCUT2D eigenvalue weighted by molar-refractivity contribution is 6.31. The first-order chi connectivity index (χ1) is 8.49. The topological polar surface area (TPSA) is 54.8 Å². The molecular weight excluding hydrogens is 297 g/mol. The van der Waals surface area contributed by atoms with Crippen molar-refractivity contribution in [3.05, 3.63) is 40.2 Å². The van der Waals surface area contributed by atoms with Crippen LogP contribution in [-0.2, 0) is 0 Å². The molecule has 0 aromatic carbocycles. The molecule has 2 heterocycles. The Morgan fingerprint density at radius 2 is 1.44 bits per heavy atom. The minimum absolute atomic E-state index is 0.178. The first-order valence-corrected chi connectivity index (χ1v) is 5.92. The van der Waals surface area contributed by atoms with Crippen LogP contribution in [0.3, 0.4) is 0 Å². The highest BCUT2D eigenvalue weighted by atomic mass is 35.5. The smallest absolute Gasteiger partial charge is 0.224 e. The van der Waals surface area contributed by atoms with Crippen LogP contribution in [0.5, 0.6) is 0 Å². The summed E-state index contributed by atoms with van der Waals surface area (Å²) in [6.07, 6.45) is 3.13. The lowest BCUT2D eigenvalue weighted by atomic mass is 10.5. The third kappa shape index (κ3) is 5.44. The number of rotatable bonds is 1. The van der Waals surface area contributed by atoms with E-state index in [2.05, 4.69) is 19.9 Å². The molecule has 0 saturated heterocycles. The summed E-state index contributed by atoms with van der Waals surface area (Å²) in [7, 11) is 3.80. The second-order valence-electron chi connectivity index (χ2n) is 3.23. The maximum absolute atomic E-state index is 5.54. The van der Waals surface area contributed by atoms with Crippen molar-refractivity contribution in [2.24, 2.45) is 0 Å². The molecule has 96 valence electrons. The van der Waals surface area contributed by atoms with Gasteiger partial charge in [-0.1, -0.05) is 11.6 Å². The number of anilines is 1. The number of hydrogen-bond donors (Lipinski definition) is 0. The standard InChI is InChI=1S/C6H8ClN3.C4H2Cl2N2/c1-10(2)5-3-4-8-6(7)9-5;5-3-1-2-7-4(6)8-3/h3-4H,1-2H3;1-2H. The zero-order valence-corrected chi connectivity index (χ0v) is 11.9. The Balaban J connectivity index is 0.000000184. The Morgan fingerprint density at radius 3 is 1.78 bits per heavy atom. The molecule has 0 fully saturated rings. The zero-order valence-electron chi connectivity index (χ0n) is 9.68. The number of aromatic nitrogens is 4. The van der Waals surface area contributed by atoms with Gasteiger partial charge in [0.1, 0.15) is 11.0 Å². The fourth-order valence-corrected chi connectivity index (χ4v) is 1.36. The van der Waals surface area contributed by atoms with Crippen molar-refractivity contribution in [1.82, 2.24) is 19.9 Å². The van der Waals surface area contributed by atoms with Gasteiger partial charge in [0.25, 0.3) is 0 Å². The Morgan fingerprint density at radius 1 is 0.889 bits per heavy atom. The Bertz CT molecular complexity index is 489. The molecule has 0 radical (unpaired) electrons. The van der Waals surface area contributed by atoms with Gasteiger partial charge in [-0.15, -0.1) is 0 Å². The van der Waals surface area contributed by atoms with Gasteiger partial charge in [0.05, 0.1) is 0 Å². The van der Waals surface area contributed by atoms with Crippen molar-refractivity contribution in [1.29, 1.82) is 0 Å². The molecule has 5 nitrogen and oxygen atoms in total. The molecule has 2 aromatic heterocycles. The third-order valence-electron chi connectivity index (χ3n) is 1.66. The summed E-state index contributed by atoms with van der Waals surface area (Å²) in [4.78, 5) is 16.8. The summed E-state index contributed by atoms with van der Waals surface area (Å²) < 4.78 is 0. The van der Waals surface area contributed by atoms with E-state index < -0.39 is 0 Å². The molecule has 2 rings (SSSR count). The molecule has 2 aromatic rings. The van der Waals surface area contributed by atoms with Crippen LogP contribution in [-0.4, -0.2) is 34.0 Å². The zero-order chi connectivity index (χ0) is 13.5. The van der Waals surface area contributed by atoms with Crippen molar-refractivity contribution in [2.45, 2.75) is 0 Å². The molecule has 0 aliphatic carbocycles. The van der Waals surface area contributed by atoms with E-state index in [-0.39, 0.29) is 10.6 Å². The summed E-state index contributed by atoms with van der Waals surface area (Å²) in [6, 6.07) is 3.36. The van der Waals surface area contributed by atoms with Crippen LogP contribution in [0.15, 0.2) is 24.5 Å². The molecule has 0 unspecified atom stereocenters. The number of hydrogen-bond acceptors (Lipinski definition) is 5. The van der Waals surface area contributed by atoms with E-state index in [1.165, 1.54) is 6.20 Å². The predicted octanol–water partition coefficient (Wildman–Crippen LogP) is 2.98. The number of halogens is 3. The lowest BCUT2D eigenvalue weighted by Gasteiger charge is -2.09. The average molecular weight is 307 g/mol. The van der Waals surface area contributed by atoms with E-state index in [0.29, 0.717) is 5.15 Å². The summed E-state index contributed by atoms with van der Waals surface area (Å²) in [5, 5.41) is 0.828. The van der Waals surface area contributed by atoms with Gasteiger partial charge >= 0.3 is 0 Å². The van der Waals surface area contributed by atoms with E-state index in [9.17, 15) is 0 Å². The van der Waals surface area contributed by atoms with Crippen LogP contribution >= 0.6 is 34.8 Å². The van der Waals surface area contributed by atoms with Gasteiger partial charge in [-0.25, -0.2) is 19.9 Å². The van der Waals surface area contributed by atoms with Crippen LogP contribution in [0.25, 0.3) is 0 Å². The van der Waals surface area contributed by atoms with Crippen LogP contribution in [0.4, 0.5) is 5.82 Å². The van der Waals surface area contributed by atoms with Crippen molar-refractivity contribution in [3.8, 4) is 0 Å². The van der Waals surface area contributed by atoms with Crippen LogP contribution in [0.1, 0.15) is 0 Å². The maximum Gasteiger partial charge on any atom is 0.224 e. The Labute approximate surface area is 120 Å². The fourth-order valence-electron chi connectivity index (χ4n) is 0.890. The average Bonchev–Trinajstić information content (AvgIpc) is 2.29. The minimum atomic E-state index is 0.178. The SMILES string of the molecule is CN(C)c1ccnc(Cl)n1.Clc1ccnc(Cl)n1. The van der Waals surface area contributed by atoms with E-state index in [0.717, 1.165) is 5.82 Å². The molecule has 0 bridgehead atoms. The van der Waals surface area contributed by atoms with E-state index in [1.807, 2.05) is 19.0 Å². The second kappa shape index (κ2) is 7.31. The summed E-state index contributed by atoms with van der Waals surface area (Å²) in [6.45, 7) is 0. The second-order valence-corrected chi connectivity index (χ2v) is 4.29. The van der Waals surface area contributed by atoms with Gasteiger partial charge < -0.3 is 4.90 Å². The van der Waals surface area contributed by atoms with Crippen LogP contribution in [0.2, 0.25) is 15.7 Å². The van der Waals surface area contributed by atoms with E-state index in [4.69, 9.17) is 34.8 Å². The predicted molar refractivity (Wildman–Crippen MR) is 73.4 cm³/mol. The molecule has 0 aliphatic rings. The lowest BCUT2D eigenvalue weighted by Crippen LogP contribution is -2.10. The van der Waals surface area contributed by atoms with Crippen molar-refractivity contribution in [3.63, 3.8) is 0 Å².